The third kappa shape index (κ3) is 4.61. The minimum atomic E-state index is -4.37. The van der Waals surface area contributed by atoms with Gasteiger partial charge in [0.15, 0.2) is 0 Å². The van der Waals surface area contributed by atoms with E-state index >= 15 is 0 Å². The number of halogens is 3. The molecule has 0 spiro atoms. The first-order chi connectivity index (χ1) is 16.0. The summed E-state index contributed by atoms with van der Waals surface area (Å²) in [6, 6.07) is 10.7. The molecule has 0 saturated carbocycles. The minimum absolute atomic E-state index is 0.574. The van der Waals surface area contributed by atoms with Gasteiger partial charge in [-0.2, -0.15) is 18.3 Å². The van der Waals surface area contributed by atoms with Gasteiger partial charge in [-0.3, -0.25) is 10.00 Å². The maximum absolute atomic E-state index is 12.8. The number of hydrogen-bond donors (Lipinski definition) is 1. The molecule has 33 heavy (non-hydrogen) atoms. The molecule has 0 unspecified atom stereocenters. The van der Waals surface area contributed by atoms with E-state index in [1.807, 2.05) is 34.0 Å². The second kappa shape index (κ2) is 8.70. The summed E-state index contributed by atoms with van der Waals surface area (Å²) in [5.74, 6) is 0.574. The summed E-state index contributed by atoms with van der Waals surface area (Å²) < 4.78 is 40.2. The molecule has 5 rings (SSSR count). The summed E-state index contributed by atoms with van der Waals surface area (Å²) >= 11 is 0. The van der Waals surface area contributed by atoms with Gasteiger partial charge < -0.3 is 9.47 Å². The Morgan fingerprint density at radius 3 is 2.36 bits per heavy atom. The van der Waals surface area contributed by atoms with Crippen LogP contribution in [0.5, 0.6) is 0 Å². The Morgan fingerprint density at radius 1 is 0.939 bits per heavy atom. The number of H-pyrrole nitrogens is 1. The van der Waals surface area contributed by atoms with Crippen LogP contribution in [0.3, 0.4) is 0 Å². The Bertz CT molecular complexity index is 1170. The van der Waals surface area contributed by atoms with Crippen LogP contribution in [0.25, 0.3) is 16.9 Å². The molecule has 0 atom stereocenters. The Balaban J connectivity index is 1.21. The fourth-order valence-corrected chi connectivity index (χ4v) is 4.01. The predicted octanol–water partition coefficient (Wildman–Crippen LogP) is 4.00. The summed E-state index contributed by atoms with van der Waals surface area (Å²) in [7, 11) is 0. The van der Waals surface area contributed by atoms with Gasteiger partial charge in [-0.05, 0) is 24.3 Å². The maximum Gasteiger partial charge on any atom is 0.417 e. The number of piperazine rings is 1. The number of alkyl halides is 3. The topological polar surface area (TPSA) is 65.9 Å². The highest BCUT2D eigenvalue weighted by atomic mass is 19.4. The number of benzene rings is 1. The van der Waals surface area contributed by atoms with Crippen LogP contribution in [0.1, 0.15) is 11.1 Å². The van der Waals surface area contributed by atoms with Crippen LogP contribution in [0.2, 0.25) is 0 Å². The molecule has 1 N–H and O–H groups in total. The summed E-state index contributed by atoms with van der Waals surface area (Å²) in [4.78, 5) is 12.4. The third-order valence-corrected chi connectivity index (χ3v) is 5.84. The van der Waals surface area contributed by atoms with E-state index in [4.69, 9.17) is 0 Å². The highest BCUT2D eigenvalue weighted by Gasteiger charge is 2.31. The second-order valence-electron chi connectivity index (χ2n) is 7.95. The molecule has 0 amide bonds. The van der Waals surface area contributed by atoms with E-state index in [0.717, 1.165) is 54.4 Å². The second-order valence-corrected chi connectivity index (χ2v) is 7.95. The van der Waals surface area contributed by atoms with Gasteiger partial charge in [-0.15, -0.1) is 0 Å². The molecule has 4 aromatic rings. The zero-order valence-electron chi connectivity index (χ0n) is 17.7. The number of nitrogens with one attached hydrogen (secondary N) is 1. The zero-order valence-corrected chi connectivity index (χ0v) is 17.7. The average Bonchev–Trinajstić information content (AvgIpc) is 3.52. The van der Waals surface area contributed by atoms with Crippen molar-refractivity contribution >= 4 is 5.82 Å². The van der Waals surface area contributed by atoms with E-state index in [2.05, 4.69) is 37.2 Å². The molecule has 1 aromatic carbocycles. The highest BCUT2D eigenvalue weighted by Crippen LogP contribution is 2.30. The first-order valence-corrected chi connectivity index (χ1v) is 10.6. The first kappa shape index (κ1) is 21.2. The lowest BCUT2D eigenvalue weighted by Crippen LogP contribution is -2.46. The molecule has 4 heterocycles. The Hall–Kier alpha value is -3.66. The van der Waals surface area contributed by atoms with Crippen molar-refractivity contribution in [2.45, 2.75) is 12.7 Å². The standard InChI is InChI=1S/C23H22F3N7/c24-23(25,26)19-3-6-21(28-14-19)32-11-9-31(10-12-32)15-18-13-29-30-22(18)17-1-4-20(5-2-17)33-8-7-27-16-33/h1-8,13-14,16H,9-12,15H2,(H,29,30). The normalized spacial score (nSPS) is 15.2. The first-order valence-electron chi connectivity index (χ1n) is 10.6. The van der Waals surface area contributed by atoms with E-state index < -0.39 is 11.7 Å². The lowest BCUT2D eigenvalue weighted by atomic mass is 10.1. The molecule has 10 heteroatoms. The molecule has 170 valence electrons. The molecule has 1 saturated heterocycles. The number of anilines is 1. The summed E-state index contributed by atoms with van der Waals surface area (Å²) in [6.07, 6.45) is 3.79. The third-order valence-electron chi connectivity index (χ3n) is 5.84. The van der Waals surface area contributed by atoms with Gasteiger partial charge in [-0.1, -0.05) is 12.1 Å². The van der Waals surface area contributed by atoms with Crippen molar-refractivity contribution in [1.82, 2.24) is 29.6 Å². The number of pyridine rings is 1. The fourth-order valence-electron chi connectivity index (χ4n) is 4.01. The molecule has 1 fully saturated rings. The number of rotatable bonds is 5. The smallest absolute Gasteiger partial charge is 0.354 e. The van der Waals surface area contributed by atoms with Crippen molar-refractivity contribution in [2.75, 3.05) is 31.1 Å². The Kier molecular flexibility index (Phi) is 5.59. The zero-order chi connectivity index (χ0) is 22.8. The molecular formula is C23H22F3N7. The molecule has 0 radical (unpaired) electrons. The van der Waals surface area contributed by atoms with Gasteiger partial charge >= 0.3 is 6.18 Å². The Morgan fingerprint density at radius 2 is 1.73 bits per heavy atom. The van der Waals surface area contributed by atoms with Crippen LogP contribution >= 0.6 is 0 Å². The lowest BCUT2D eigenvalue weighted by Gasteiger charge is -2.35. The number of hydrogen-bond acceptors (Lipinski definition) is 5. The van der Waals surface area contributed by atoms with Crippen LogP contribution in [-0.4, -0.2) is 55.8 Å². The van der Waals surface area contributed by atoms with Crippen molar-refractivity contribution in [3.63, 3.8) is 0 Å². The van der Waals surface area contributed by atoms with Gasteiger partial charge in [0.25, 0.3) is 0 Å². The quantitative estimate of drug-likeness (QED) is 0.495. The fraction of sp³-hybridized carbons (Fsp3) is 0.261. The van der Waals surface area contributed by atoms with Crippen molar-refractivity contribution in [3.8, 4) is 16.9 Å². The summed E-state index contributed by atoms with van der Waals surface area (Å²) in [5, 5.41) is 7.36. The lowest BCUT2D eigenvalue weighted by molar-refractivity contribution is -0.137. The molecule has 0 aliphatic carbocycles. The van der Waals surface area contributed by atoms with Crippen molar-refractivity contribution in [1.29, 1.82) is 0 Å². The van der Waals surface area contributed by atoms with Gasteiger partial charge in [0.05, 0.1) is 23.8 Å². The largest absolute Gasteiger partial charge is 0.417 e. The van der Waals surface area contributed by atoms with Crippen molar-refractivity contribution in [3.05, 3.63) is 78.6 Å². The molecule has 0 bridgehead atoms. The maximum atomic E-state index is 12.8. The van der Waals surface area contributed by atoms with Gasteiger partial charge in [0.2, 0.25) is 0 Å². The monoisotopic (exact) mass is 453 g/mol. The predicted molar refractivity (Wildman–Crippen MR) is 118 cm³/mol. The number of aromatic amines is 1. The van der Waals surface area contributed by atoms with E-state index in [0.29, 0.717) is 18.9 Å². The van der Waals surface area contributed by atoms with E-state index in [-0.39, 0.29) is 0 Å². The number of aromatic nitrogens is 5. The van der Waals surface area contributed by atoms with E-state index in [1.54, 1.807) is 12.5 Å². The number of nitrogens with zero attached hydrogens (tertiary/aromatic N) is 6. The highest BCUT2D eigenvalue weighted by molar-refractivity contribution is 5.64. The molecule has 7 nitrogen and oxygen atoms in total. The Labute approximate surface area is 188 Å². The van der Waals surface area contributed by atoms with E-state index in [1.165, 1.54) is 6.07 Å². The van der Waals surface area contributed by atoms with Crippen LogP contribution in [0.4, 0.5) is 19.0 Å². The van der Waals surface area contributed by atoms with Crippen LogP contribution in [-0.2, 0) is 12.7 Å². The average molecular weight is 453 g/mol. The number of imidazole rings is 1. The van der Waals surface area contributed by atoms with Gasteiger partial charge in [-0.25, -0.2) is 9.97 Å². The van der Waals surface area contributed by atoms with Crippen LogP contribution < -0.4 is 4.90 Å². The molecule has 3 aromatic heterocycles. The van der Waals surface area contributed by atoms with Gasteiger partial charge in [0, 0.05) is 68.1 Å². The summed E-state index contributed by atoms with van der Waals surface area (Å²) in [5.41, 5.74) is 3.45. The van der Waals surface area contributed by atoms with Crippen molar-refractivity contribution < 1.29 is 13.2 Å². The van der Waals surface area contributed by atoms with E-state index in [9.17, 15) is 13.2 Å². The van der Waals surface area contributed by atoms with Crippen LogP contribution in [0.15, 0.2) is 67.5 Å². The molecule has 1 aliphatic rings. The van der Waals surface area contributed by atoms with Gasteiger partial charge in [0.1, 0.15) is 5.82 Å². The molecule has 1 aliphatic heterocycles. The van der Waals surface area contributed by atoms with Crippen molar-refractivity contribution in [2.24, 2.45) is 0 Å². The summed E-state index contributed by atoms with van der Waals surface area (Å²) in [6.45, 7) is 3.71. The molecular weight excluding hydrogens is 431 g/mol. The van der Waals surface area contributed by atoms with Crippen LogP contribution in [0, 0.1) is 0 Å². The SMILES string of the molecule is FC(F)(F)c1ccc(N2CCN(Cc3cn[nH]c3-c3ccc(-n4ccnc4)cc3)CC2)nc1. The minimum Gasteiger partial charge on any atom is -0.354 e.